The maximum atomic E-state index is 12.1. The molecular formula is C18H18N2O2S2. The Morgan fingerprint density at radius 2 is 1.92 bits per heavy atom. The molecule has 6 heteroatoms. The van der Waals surface area contributed by atoms with Gasteiger partial charge in [-0.15, -0.1) is 11.3 Å². The molecule has 0 amide bonds. The molecule has 1 atom stereocenters. The average molecular weight is 358 g/mol. The topological polar surface area (TPSA) is 52.1 Å². The fraction of sp³-hybridized carbons (Fsp3) is 0.278. The van der Waals surface area contributed by atoms with Crippen molar-refractivity contribution in [1.82, 2.24) is 9.97 Å². The van der Waals surface area contributed by atoms with Crippen LogP contribution in [0.3, 0.4) is 0 Å². The summed E-state index contributed by atoms with van der Waals surface area (Å²) in [4.78, 5) is 21.8. The van der Waals surface area contributed by atoms with Gasteiger partial charge in [-0.1, -0.05) is 42.1 Å². The van der Waals surface area contributed by atoms with Crippen LogP contribution in [-0.4, -0.2) is 27.3 Å². The van der Waals surface area contributed by atoms with Gasteiger partial charge in [-0.05, 0) is 26.3 Å². The normalized spacial score (nSPS) is 12.5. The number of thioether (sulfide) groups is 1. The van der Waals surface area contributed by atoms with Crippen LogP contribution in [-0.2, 0) is 9.53 Å². The van der Waals surface area contributed by atoms with Crippen molar-refractivity contribution in [2.45, 2.75) is 37.2 Å². The van der Waals surface area contributed by atoms with E-state index < -0.39 is 0 Å². The van der Waals surface area contributed by atoms with E-state index in [1.807, 2.05) is 39.0 Å². The summed E-state index contributed by atoms with van der Waals surface area (Å²) >= 11 is 3.01. The zero-order valence-electron chi connectivity index (χ0n) is 13.7. The highest BCUT2D eigenvalue weighted by Gasteiger charge is 2.21. The van der Waals surface area contributed by atoms with Gasteiger partial charge >= 0.3 is 5.97 Å². The molecule has 0 saturated carbocycles. The van der Waals surface area contributed by atoms with Crippen LogP contribution in [0.2, 0.25) is 0 Å². The highest BCUT2D eigenvalue weighted by atomic mass is 32.2. The Bertz CT molecular complexity index is 847. The minimum atomic E-state index is -0.325. The SMILES string of the molecule is CC(C)OC(=O)[C@H](C)Sc1ncnc2scc(-c3ccccc3)c12. The van der Waals surface area contributed by atoms with E-state index in [0.29, 0.717) is 0 Å². The Balaban J connectivity index is 1.97. The average Bonchev–Trinajstić information content (AvgIpc) is 3.00. The molecule has 1 aromatic carbocycles. The van der Waals surface area contributed by atoms with E-state index in [4.69, 9.17) is 4.74 Å². The molecule has 0 unspecified atom stereocenters. The number of ether oxygens (including phenoxy) is 1. The minimum absolute atomic E-state index is 0.119. The third kappa shape index (κ3) is 3.60. The Kier molecular flexibility index (Phi) is 5.16. The summed E-state index contributed by atoms with van der Waals surface area (Å²) < 4.78 is 5.29. The van der Waals surface area contributed by atoms with Gasteiger partial charge in [0, 0.05) is 10.9 Å². The number of esters is 1. The van der Waals surface area contributed by atoms with Crippen molar-refractivity contribution in [3.63, 3.8) is 0 Å². The van der Waals surface area contributed by atoms with Gasteiger partial charge < -0.3 is 4.74 Å². The number of hydrogen-bond acceptors (Lipinski definition) is 6. The summed E-state index contributed by atoms with van der Waals surface area (Å²) in [5.41, 5.74) is 2.22. The van der Waals surface area contributed by atoms with E-state index >= 15 is 0 Å². The van der Waals surface area contributed by atoms with Gasteiger partial charge in [-0.25, -0.2) is 9.97 Å². The second-order valence-corrected chi connectivity index (χ2v) is 7.81. The molecule has 0 aliphatic rings. The lowest BCUT2D eigenvalue weighted by Crippen LogP contribution is -2.20. The predicted molar refractivity (Wildman–Crippen MR) is 99.4 cm³/mol. The summed E-state index contributed by atoms with van der Waals surface area (Å²) in [6.45, 7) is 5.55. The van der Waals surface area contributed by atoms with Crippen LogP contribution >= 0.6 is 23.1 Å². The smallest absolute Gasteiger partial charge is 0.319 e. The first kappa shape index (κ1) is 16.9. The monoisotopic (exact) mass is 358 g/mol. The van der Waals surface area contributed by atoms with E-state index in [0.717, 1.165) is 26.4 Å². The van der Waals surface area contributed by atoms with Crippen molar-refractivity contribution in [1.29, 1.82) is 0 Å². The number of carbonyl (C=O) groups excluding carboxylic acids is 1. The number of carbonyl (C=O) groups is 1. The Morgan fingerprint density at radius 1 is 1.17 bits per heavy atom. The number of nitrogens with zero attached hydrogens (tertiary/aromatic N) is 2. The standard InChI is InChI=1S/C18H18N2O2S2/c1-11(2)22-18(21)12(3)24-17-15-14(13-7-5-4-6-8-13)9-23-16(15)19-10-20-17/h4-12H,1-3H3/t12-/m0/s1. The number of rotatable bonds is 5. The zero-order valence-corrected chi connectivity index (χ0v) is 15.4. The summed E-state index contributed by atoms with van der Waals surface area (Å²) in [6, 6.07) is 10.2. The van der Waals surface area contributed by atoms with E-state index in [1.54, 1.807) is 17.7 Å². The molecule has 0 fully saturated rings. The number of fused-ring (bicyclic) bond motifs is 1. The van der Waals surface area contributed by atoms with Crippen LogP contribution in [0.4, 0.5) is 0 Å². The first-order valence-electron chi connectivity index (χ1n) is 7.71. The van der Waals surface area contributed by atoms with Gasteiger partial charge in [0.2, 0.25) is 0 Å². The second-order valence-electron chi connectivity index (χ2n) is 5.62. The van der Waals surface area contributed by atoms with E-state index in [2.05, 4.69) is 27.5 Å². The van der Waals surface area contributed by atoms with Gasteiger partial charge in [0.15, 0.2) is 0 Å². The van der Waals surface area contributed by atoms with Crippen LogP contribution in [0.5, 0.6) is 0 Å². The molecule has 0 aliphatic heterocycles. The molecule has 0 radical (unpaired) electrons. The molecule has 2 aromatic heterocycles. The van der Waals surface area contributed by atoms with Crippen molar-refractivity contribution in [2.75, 3.05) is 0 Å². The third-order valence-corrected chi connectivity index (χ3v) is 5.36. The fourth-order valence-corrected chi connectivity index (χ4v) is 4.21. The van der Waals surface area contributed by atoms with Gasteiger partial charge in [0.25, 0.3) is 0 Å². The number of aromatic nitrogens is 2. The van der Waals surface area contributed by atoms with Crippen LogP contribution in [0.1, 0.15) is 20.8 Å². The van der Waals surface area contributed by atoms with E-state index in [9.17, 15) is 4.79 Å². The maximum absolute atomic E-state index is 12.1. The Hall–Kier alpha value is -1.92. The second kappa shape index (κ2) is 7.32. The first-order chi connectivity index (χ1) is 11.6. The molecule has 0 saturated heterocycles. The molecule has 24 heavy (non-hydrogen) atoms. The van der Waals surface area contributed by atoms with Gasteiger partial charge in [0.05, 0.1) is 11.5 Å². The third-order valence-electron chi connectivity index (χ3n) is 3.39. The maximum Gasteiger partial charge on any atom is 0.319 e. The van der Waals surface area contributed by atoms with Crippen molar-refractivity contribution < 1.29 is 9.53 Å². The molecule has 0 spiro atoms. The number of hydrogen-bond donors (Lipinski definition) is 0. The fourth-order valence-electron chi connectivity index (χ4n) is 2.31. The molecule has 3 aromatic rings. The number of thiophene rings is 1. The van der Waals surface area contributed by atoms with Crippen LogP contribution in [0, 0.1) is 0 Å². The van der Waals surface area contributed by atoms with Gasteiger partial charge in [-0.2, -0.15) is 0 Å². The van der Waals surface area contributed by atoms with Crippen LogP contribution in [0.25, 0.3) is 21.3 Å². The molecule has 3 rings (SSSR count). The zero-order chi connectivity index (χ0) is 17.1. The lowest BCUT2D eigenvalue weighted by molar-refractivity contribution is -0.146. The lowest BCUT2D eigenvalue weighted by atomic mass is 10.1. The van der Waals surface area contributed by atoms with Gasteiger partial charge in [-0.3, -0.25) is 4.79 Å². The number of benzene rings is 1. The summed E-state index contributed by atoms with van der Waals surface area (Å²) in [5.74, 6) is -0.224. The first-order valence-corrected chi connectivity index (χ1v) is 9.47. The molecule has 2 heterocycles. The summed E-state index contributed by atoms with van der Waals surface area (Å²) in [5, 5.41) is 3.58. The van der Waals surface area contributed by atoms with Crippen molar-refractivity contribution >= 4 is 39.3 Å². The van der Waals surface area contributed by atoms with E-state index in [1.165, 1.54) is 11.8 Å². The Labute approximate surface area is 149 Å². The van der Waals surface area contributed by atoms with Crippen molar-refractivity contribution in [3.8, 4) is 11.1 Å². The molecule has 0 N–H and O–H groups in total. The quantitative estimate of drug-likeness (QED) is 0.373. The summed E-state index contributed by atoms with van der Waals surface area (Å²) in [6.07, 6.45) is 1.43. The van der Waals surface area contributed by atoms with E-state index in [-0.39, 0.29) is 17.3 Å². The molecule has 0 aliphatic carbocycles. The van der Waals surface area contributed by atoms with Crippen molar-refractivity contribution in [2.24, 2.45) is 0 Å². The highest BCUT2D eigenvalue weighted by molar-refractivity contribution is 8.00. The molecular weight excluding hydrogens is 340 g/mol. The Morgan fingerprint density at radius 3 is 2.62 bits per heavy atom. The van der Waals surface area contributed by atoms with Crippen LogP contribution in [0.15, 0.2) is 47.1 Å². The molecule has 4 nitrogen and oxygen atoms in total. The van der Waals surface area contributed by atoms with Gasteiger partial charge in [0.1, 0.15) is 21.4 Å². The highest BCUT2D eigenvalue weighted by Crippen LogP contribution is 2.38. The largest absolute Gasteiger partial charge is 0.462 e. The van der Waals surface area contributed by atoms with Crippen molar-refractivity contribution in [3.05, 3.63) is 42.0 Å². The predicted octanol–water partition coefficient (Wildman–Crippen LogP) is 4.79. The lowest BCUT2D eigenvalue weighted by Gasteiger charge is -2.13. The molecule has 124 valence electrons. The van der Waals surface area contributed by atoms with Crippen LogP contribution < -0.4 is 0 Å². The molecule has 0 bridgehead atoms. The summed E-state index contributed by atoms with van der Waals surface area (Å²) in [7, 11) is 0. The minimum Gasteiger partial charge on any atom is -0.462 e.